The molecule has 166 valence electrons. The summed E-state index contributed by atoms with van der Waals surface area (Å²) < 4.78 is 1.83. The Balaban J connectivity index is 1.47. The first-order valence-electron chi connectivity index (χ1n) is 10.7. The molecule has 1 unspecified atom stereocenters. The molecule has 0 radical (unpaired) electrons. The van der Waals surface area contributed by atoms with E-state index in [2.05, 4.69) is 39.7 Å². The van der Waals surface area contributed by atoms with Crippen molar-refractivity contribution in [3.63, 3.8) is 0 Å². The normalized spacial score (nSPS) is 12.2. The summed E-state index contributed by atoms with van der Waals surface area (Å²) in [5, 5.41) is 13.8. The van der Waals surface area contributed by atoms with E-state index in [0.29, 0.717) is 29.7 Å². The molecular formula is C24H27ClN6O. The van der Waals surface area contributed by atoms with Gasteiger partial charge in [0, 0.05) is 23.7 Å². The maximum absolute atomic E-state index is 13.1. The number of carbonyl (C=O) groups excluding carboxylic acids is 1. The molecule has 0 bridgehead atoms. The summed E-state index contributed by atoms with van der Waals surface area (Å²) in [5.74, 6) is 1.42. The molecule has 3 heterocycles. The average Bonchev–Trinajstić information content (AvgIpc) is 3.44. The Bertz CT molecular complexity index is 1170. The van der Waals surface area contributed by atoms with Gasteiger partial charge >= 0.3 is 0 Å². The number of benzene rings is 1. The summed E-state index contributed by atoms with van der Waals surface area (Å²) >= 11 is 6.05. The number of fused-ring (bicyclic) bond motifs is 1. The summed E-state index contributed by atoms with van der Waals surface area (Å²) in [6.07, 6.45) is 4.55. The summed E-state index contributed by atoms with van der Waals surface area (Å²) in [4.78, 5) is 17.7. The predicted octanol–water partition coefficient (Wildman–Crippen LogP) is 4.88. The highest BCUT2D eigenvalue weighted by Gasteiger charge is 2.17. The molecule has 8 heteroatoms. The lowest BCUT2D eigenvalue weighted by Crippen LogP contribution is -2.30. The molecule has 4 rings (SSSR count). The number of imidazole rings is 1. The van der Waals surface area contributed by atoms with Gasteiger partial charge in [-0.25, -0.2) is 4.98 Å². The Hall–Kier alpha value is -3.32. The summed E-state index contributed by atoms with van der Waals surface area (Å²) in [5.41, 5.74) is 3.30. The lowest BCUT2D eigenvalue weighted by atomic mass is 9.90. The van der Waals surface area contributed by atoms with Crippen molar-refractivity contribution in [3.8, 4) is 0 Å². The Labute approximate surface area is 192 Å². The van der Waals surface area contributed by atoms with Gasteiger partial charge in [0.05, 0.1) is 18.4 Å². The van der Waals surface area contributed by atoms with Crippen LogP contribution in [0, 0.1) is 5.92 Å². The van der Waals surface area contributed by atoms with Crippen LogP contribution >= 0.6 is 11.6 Å². The van der Waals surface area contributed by atoms with Crippen LogP contribution in [0.15, 0.2) is 60.9 Å². The van der Waals surface area contributed by atoms with Gasteiger partial charge in [-0.1, -0.05) is 43.6 Å². The fraction of sp³-hybridized carbons (Fsp3) is 0.292. The number of pyridine rings is 1. The lowest BCUT2D eigenvalue weighted by molar-refractivity contribution is 0.0943. The SMILES string of the molecule is CC(C)CC(CNC(=O)c1cccc2nc(CNc3ccn[nH]3)cn12)c1ccc(Cl)cc1. The minimum Gasteiger partial charge on any atom is -0.365 e. The number of nitrogens with one attached hydrogen (secondary N) is 3. The molecule has 0 aliphatic heterocycles. The third-order valence-electron chi connectivity index (χ3n) is 5.34. The van der Waals surface area contributed by atoms with E-state index < -0.39 is 0 Å². The van der Waals surface area contributed by atoms with Crippen molar-refractivity contribution in [1.29, 1.82) is 0 Å². The van der Waals surface area contributed by atoms with Crippen molar-refractivity contribution in [3.05, 3.63) is 82.9 Å². The molecule has 32 heavy (non-hydrogen) atoms. The smallest absolute Gasteiger partial charge is 0.268 e. The zero-order valence-corrected chi connectivity index (χ0v) is 18.9. The molecule has 0 aliphatic carbocycles. The van der Waals surface area contributed by atoms with Crippen molar-refractivity contribution in [2.75, 3.05) is 11.9 Å². The van der Waals surface area contributed by atoms with Crippen LogP contribution in [0.4, 0.5) is 5.82 Å². The van der Waals surface area contributed by atoms with Gasteiger partial charge in [0.2, 0.25) is 0 Å². The second-order valence-electron chi connectivity index (χ2n) is 8.28. The Kier molecular flexibility index (Phi) is 6.75. The monoisotopic (exact) mass is 450 g/mol. The Morgan fingerprint density at radius 3 is 2.69 bits per heavy atom. The van der Waals surface area contributed by atoms with Crippen LogP contribution in [0.5, 0.6) is 0 Å². The number of hydrogen-bond donors (Lipinski definition) is 3. The lowest BCUT2D eigenvalue weighted by Gasteiger charge is -2.20. The molecule has 0 aliphatic rings. The second-order valence-corrected chi connectivity index (χ2v) is 8.72. The van der Waals surface area contributed by atoms with Gasteiger partial charge in [0.1, 0.15) is 17.2 Å². The molecule has 4 aromatic rings. The quantitative estimate of drug-likeness (QED) is 0.339. The largest absolute Gasteiger partial charge is 0.365 e. The van der Waals surface area contributed by atoms with Crippen LogP contribution in [0.2, 0.25) is 5.02 Å². The fourth-order valence-corrected chi connectivity index (χ4v) is 3.95. The number of aromatic nitrogens is 4. The van der Waals surface area contributed by atoms with E-state index in [9.17, 15) is 4.79 Å². The molecule has 3 N–H and O–H groups in total. The zero-order chi connectivity index (χ0) is 22.5. The molecule has 0 saturated carbocycles. The number of H-pyrrole nitrogens is 1. The van der Waals surface area contributed by atoms with Crippen molar-refractivity contribution in [2.24, 2.45) is 5.92 Å². The third-order valence-corrected chi connectivity index (χ3v) is 5.59. The first-order chi connectivity index (χ1) is 15.5. The Morgan fingerprint density at radius 1 is 1.16 bits per heavy atom. The number of carbonyl (C=O) groups is 1. The number of anilines is 1. The Morgan fingerprint density at radius 2 is 1.97 bits per heavy atom. The minimum absolute atomic E-state index is 0.121. The number of hydrogen-bond acceptors (Lipinski definition) is 4. The summed E-state index contributed by atoms with van der Waals surface area (Å²) in [6.45, 7) is 5.46. The van der Waals surface area contributed by atoms with Crippen molar-refractivity contribution in [2.45, 2.75) is 32.7 Å². The molecule has 1 amide bonds. The zero-order valence-electron chi connectivity index (χ0n) is 18.2. The topological polar surface area (TPSA) is 87.1 Å². The molecule has 1 atom stereocenters. The number of aromatic amines is 1. The van der Waals surface area contributed by atoms with E-state index in [4.69, 9.17) is 11.6 Å². The molecule has 3 aromatic heterocycles. The minimum atomic E-state index is -0.121. The third kappa shape index (κ3) is 5.29. The van der Waals surface area contributed by atoms with Crippen LogP contribution in [0.25, 0.3) is 5.65 Å². The maximum Gasteiger partial charge on any atom is 0.268 e. The van der Waals surface area contributed by atoms with Crippen LogP contribution in [-0.4, -0.2) is 32.0 Å². The molecule has 7 nitrogen and oxygen atoms in total. The number of nitrogens with zero attached hydrogens (tertiary/aromatic N) is 3. The summed E-state index contributed by atoms with van der Waals surface area (Å²) in [7, 11) is 0. The van der Waals surface area contributed by atoms with E-state index in [1.54, 1.807) is 6.20 Å². The highest BCUT2D eigenvalue weighted by atomic mass is 35.5. The van der Waals surface area contributed by atoms with Crippen LogP contribution in [-0.2, 0) is 6.54 Å². The molecule has 0 fully saturated rings. The van der Waals surface area contributed by atoms with Gasteiger partial charge in [-0.15, -0.1) is 0 Å². The van der Waals surface area contributed by atoms with Gasteiger partial charge in [-0.05, 0) is 48.2 Å². The highest BCUT2D eigenvalue weighted by Crippen LogP contribution is 2.25. The molecule has 0 saturated heterocycles. The van der Waals surface area contributed by atoms with Gasteiger partial charge in [0.25, 0.3) is 5.91 Å². The van der Waals surface area contributed by atoms with Gasteiger partial charge in [-0.3, -0.25) is 14.3 Å². The fourth-order valence-electron chi connectivity index (χ4n) is 3.82. The number of rotatable bonds is 9. The van der Waals surface area contributed by atoms with E-state index in [-0.39, 0.29) is 11.8 Å². The van der Waals surface area contributed by atoms with Gasteiger partial charge in [0.15, 0.2) is 0 Å². The molecule has 0 spiro atoms. The predicted molar refractivity (Wildman–Crippen MR) is 127 cm³/mol. The number of halogens is 1. The van der Waals surface area contributed by atoms with E-state index >= 15 is 0 Å². The van der Waals surface area contributed by atoms with Crippen molar-refractivity contribution in [1.82, 2.24) is 24.9 Å². The first kappa shape index (κ1) is 21.9. The van der Waals surface area contributed by atoms with Crippen molar-refractivity contribution >= 4 is 29.0 Å². The van der Waals surface area contributed by atoms with E-state index in [0.717, 1.165) is 23.6 Å². The van der Waals surface area contributed by atoms with Gasteiger partial charge < -0.3 is 10.6 Å². The highest BCUT2D eigenvalue weighted by molar-refractivity contribution is 6.30. The van der Waals surface area contributed by atoms with Crippen LogP contribution in [0.3, 0.4) is 0 Å². The van der Waals surface area contributed by atoms with E-state index in [1.807, 2.05) is 59.1 Å². The average molecular weight is 451 g/mol. The number of amides is 1. The van der Waals surface area contributed by atoms with E-state index in [1.165, 1.54) is 5.56 Å². The standard InChI is InChI=1S/C24H27ClN6O/c1-16(2)12-18(17-6-8-19(25)9-7-17)13-27-24(32)21-4-3-5-23-29-20(15-31(21)23)14-26-22-10-11-28-30-22/h3-11,15-16,18H,12-14H2,1-2H3,(H,27,32)(H2,26,28,30). The van der Waals surface area contributed by atoms with Crippen LogP contribution < -0.4 is 10.6 Å². The summed E-state index contributed by atoms with van der Waals surface area (Å²) in [6, 6.07) is 15.3. The molecule has 1 aromatic carbocycles. The van der Waals surface area contributed by atoms with Crippen LogP contribution in [0.1, 0.15) is 47.9 Å². The van der Waals surface area contributed by atoms with Crippen molar-refractivity contribution < 1.29 is 4.79 Å². The first-order valence-corrected chi connectivity index (χ1v) is 11.1. The second kappa shape index (κ2) is 9.87. The van der Waals surface area contributed by atoms with Gasteiger partial charge in [-0.2, -0.15) is 5.10 Å². The molecular weight excluding hydrogens is 424 g/mol. The maximum atomic E-state index is 13.1.